The standard InChI is InChI=1S/C10H18O5/c1-14-9(12)5-6-10(13)15-8-4-2-3-7-11/h11H,2-8H2,1H3. The van der Waals surface area contributed by atoms with Gasteiger partial charge in [0.05, 0.1) is 26.6 Å². The molecule has 0 saturated carbocycles. The molecule has 0 spiro atoms. The average Bonchev–Trinajstić information content (AvgIpc) is 2.25. The van der Waals surface area contributed by atoms with Crippen LogP contribution in [0.1, 0.15) is 32.1 Å². The molecule has 0 aromatic heterocycles. The van der Waals surface area contributed by atoms with Crippen LogP contribution in [0.25, 0.3) is 0 Å². The zero-order valence-electron chi connectivity index (χ0n) is 9.03. The molecular weight excluding hydrogens is 200 g/mol. The van der Waals surface area contributed by atoms with Crippen molar-refractivity contribution in [2.24, 2.45) is 0 Å². The minimum Gasteiger partial charge on any atom is -0.469 e. The predicted octanol–water partition coefficient (Wildman–Crippen LogP) is 0.645. The molecule has 0 fully saturated rings. The van der Waals surface area contributed by atoms with E-state index in [2.05, 4.69) is 4.74 Å². The molecule has 1 N–H and O–H groups in total. The number of ether oxygens (including phenoxy) is 2. The summed E-state index contributed by atoms with van der Waals surface area (Å²) in [5.41, 5.74) is 0. The second-order valence-electron chi connectivity index (χ2n) is 3.08. The van der Waals surface area contributed by atoms with E-state index in [0.29, 0.717) is 6.61 Å². The van der Waals surface area contributed by atoms with Crippen molar-refractivity contribution in [3.8, 4) is 0 Å². The van der Waals surface area contributed by atoms with Crippen LogP contribution >= 0.6 is 0 Å². The quantitative estimate of drug-likeness (QED) is 0.478. The highest BCUT2D eigenvalue weighted by Gasteiger charge is 2.07. The normalized spacial score (nSPS) is 9.73. The molecule has 5 heteroatoms. The van der Waals surface area contributed by atoms with E-state index < -0.39 is 5.97 Å². The van der Waals surface area contributed by atoms with Crippen molar-refractivity contribution in [1.29, 1.82) is 0 Å². The Labute approximate surface area is 89.4 Å². The van der Waals surface area contributed by atoms with Gasteiger partial charge in [-0.25, -0.2) is 0 Å². The Hall–Kier alpha value is -1.10. The molecule has 5 nitrogen and oxygen atoms in total. The van der Waals surface area contributed by atoms with Gasteiger partial charge in [-0.05, 0) is 19.3 Å². The van der Waals surface area contributed by atoms with Crippen molar-refractivity contribution >= 4 is 11.9 Å². The summed E-state index contributed by atoms with van der Waals surface area (Å²) in [6.45, 7) is 0.510. The van der Waals surface area contributed by atoms with Crippen LogP contribution in [0, 0.1) is 0 Å². The van der Waals surface area contributed by atoms with Gasteiger partial charge in [-0.2, -0.15) is 0 Å². The molecule has 0 aromatic carbocycles. The number of aliphatic hydroxyl groups excluding tert-OH is 1. The van der Waals surface area contributed by atoms with Gasteiger partial charge in [0.1, 0.15) is 0 Å². The highest BCUT2D eigenvalue weighted by atomic mass is 16.5. The Balaban J connectivity index is 3.30. The van der Waals surface area contributed by atoms with Gasteiger partial charge in [0.25, 0.3) is 0 Å². The summed E-state index contributed by atoms with van der Waals surface area (Å²) in [6, 6.07) is 0. The summed E-state index contributed by atoms with van der Waals surface area (Å²) in [5.74, 6) is -0.795. The molecule has 0 atom stereocenters. The van der Waals surface area contributed by atoms with Gasteiger partial charge in [-0.15, -0.1) is 0 Å². The van der Waals surface area contributed by atoms with Crippen LogP contribution in [0.5, 0.6) is 0 Å². The van der Waals surface area contributed by atoms with Crippen LogP contribution in [0.4, 0.5) is 0 Å². The van der Waals surface area contributed by atoms with Crippen LogP contribution in [-0.2, 0) is 19.1 Å². The molecule has 0 amide bonds. The van der Waals surface area contributed by atoms with E-state index in [1.807, 2.05) is 0 Å². The fourth-order valence-electron chi connectivity index (χ4n) is 0.955. The third-order valence-corrected chi connectivity index (χ3v) is 1.83. The number of esters is 2. The second-order valence-corrected chi connectivity index (χ2v) is 3.08. The number of rotatable bonds is 8. The Morgan fingerprint density at radius 1 is 1.07 bits per heavy atom. The molecule has 0 aliphatic rings. The molecule has 0 aliphatic heterocycles. The van der Waals surface area contributed by atoms with Crippen LogP contribution in [-0.4, -0.2) is 37.4 Å². The van der Waals surface area contributed by atoms with E-state index in [1.54, 1.807) is 0 Å². The van der Waals surface area contributed by atoms with Gasteiger partial charge < -0.3 is 14.6 Å². The van der Waals surface area contributed by atoms with Crippen molar-refractivity contribution in [3.05, 3.63) is 0 Å². The number of carbonyl (C=O) groups is 2. The molecule has 88 valence electrons. The van der Waals surface area contributed by atoms with Gasteiger partial charge in [0.15, 0.2) is 0 Å². The van der Waals surface area contributed by atoms with E-state index in [4.69, 9.17) is 9.84 Å². The number of aliphatic hydroxyl groups is 1. The summed E-state index contributed by atoms with van der Waals surface area (Å²) in [4.78, 5) is 21.7. The number of carbonyl (C=O) groups excluding carboxylic acids is 2. The molecule has 0 aromatic rings. The van der Waals surface area contributed by atoms with Crippen molar-refractivity contribution in [1.82, 2.24) is 0 Å². The highest BCUT2D eigenvalue weighted by molar-refractivity contribution is 5.77. The maximum absolute atomic E-state index is 11.0. The maximum Gasteiger partial charge on any atom is 0.306 e. The number of methoxy groups -OCH3 is 1. The van der Waals surface area contributed by atoms with Gasteiger partial charge in [-0.1, -0.05) is 0 Å². The average molecular weight is 218 g/mol. The van der Waals surface area contributed by atoms with Gasteiger partial charge in [0, 0.05) is 6.61 Å². The van der Waals surface area contributed by atoms with Crippen LogP contribution in [0.2, 0.25) is 0 Å². The smallest absolute Gasteiger partial charge is 0.306 e. The number of unbranched alkanes of at least 4 members (excludes halogenated alkanes) is 2. The molecule has 0 bridgehead atoms. The molecule has 0 radical (unpaired) electrons. The van der Waals surface area contributed by atoms with Crippen LogP contribution in [0.3, 0.4) is 0 Å². The van der Waals surface area contributed by atoms with Crippen LogP contribution < -0.4 is 0 Å². The Morgan fingerprint density at radius 3 is 2.33 bits per heavy atom. The predicted molar refractivity (Wildman–Crippen MR) is 53.1 cm³/mol. The van der Waals surface area contributed by atoms with E-state index in [9.17, 15) is 9.59 Å². The fraction of sp³-hybridized carbons (Fsp3) is 0.800. The van der Waals surface area contributed by atoms with E-state index in [0.717, 1.165) is 19.3 Å². The van der Waals surface area contributed by atoms with E-state index in [-0.39, 0.29) is 25.4 Å². The van der Waals surface area contributed by atoms with Crippen molar-refractivity contribution in [2.45, 2.75) is 32.1 Å². The fourth-order valence-corrected chi connectivity index (χ4v) is 0.955. The molecule has 15 heavy (non-hydrogen) atoms. The summed E-state index contributed by atoms with van der Waals surface area (Å²) in [6.07, 6.45) is 2.42. The Kier molecular flexibility index (Phi) is 8.76. The zero-order chi connectivity index (χ0) is 11.5. The molecule has 0 saturated heterocycles. The van der Waals surface area contributed by atoms with Gasteiger partial charge in [0.2, 0.25) is 0 Å². The molecule has 0 rings (SSSR count). The Morgan fingerprint density at radius 2 is 1.73 bits per heavy atom. The van der Waals surface area contributed by atoms with Crippen molar-refractivity contribution < 1.29 is 24.2 Å². The second kappa shape index (κ2) is 9.45. The Bertz CT molecular complexity index is 190. The van der Waals surface area contributed by atoms with Gasteiger partial charge >= 0.3 is 11.9 Å². The SMILES string of the molecule is COC(=O)CCC(=O)OCCCCCO. The van der Waals surface area contributed by atoms with Crippen molar-refractivity contribution in [3.63, 3.8) is 0 Å². The van der Waals surface area contributed by atoms with Gasteiger partial charge in [-0.3, -0.25) is 9.59 Å². The van der Waals surface area contributed by atoms with Crippen LogP contribution in [0.15, 0.2) is 0 Å². The number of hydrogen-bond acceptors (Lipinski definition) is 5. The first-order valence-corrected chi connectivity index (χ1v) is 5.04. The first kappa shape index (κ1) is 13.9. The largest absolute Gasteiger partial charge is 0.469 e. The first-order valence-electron chi connectivity index (χ1n) is 5.04. The minimum absolute atomic E-state index is 0.0615. The lowest BCUT2D eigenvalue weighted by atomic mass is 10.2. The monoisotopic (exact) mass is 218 g/mol. The molecule has 0 aliphatic carbocycles. The molecule has 0 unspecified atom stereocenters. The zero-order valence-corrected chi connectivity index (χ0v) is 9.03. The first-order chi connectivity index (χ1) is 7.20. The maximum atomic E-state index is 11.0. The third-order valence-electron chi connectivity index (χ3n) is 1.83. The topological polar surface area (TPSA) is 72.8 Å². The van der Waals surface area contributed by atoms with E-state index in [1.165, 1.54) is 7.11 Å². The summed E-state index contributed by atoms with van der Waals surface area (Å²) in [5, 5.41) is 8.49. The summed E-state index contributed by atoms with van der Waals surface area (Å²) >= 11 is 0. The summed E-state index contributed by atoms with van der Waals surface area (Å²) in [7, 11) is 1.28. The van der Waals surface area contributed by atoms with E-state index >= 15 is 0 Å². The lowest BCUT2D eigenvalue weighted by molar-refractivity contribution is -0.149. The lowest BCUT2D eigenvalue weighted by Gasteiger charge is -2.03. The molecule has 0 heterocycles. The number of hydrogen-bond donors (Lipinski definition) is 1. The van der Waals surface area contributed by atoms with Crippen molar-refractivity contribution in [2.75, 3.05) is 20.3 Å². The minimum atomic E-state index is -0.410. The molecular formula is C10H18O5. The lowest BCUT2D eigenvalue weighted by Crippen LogP contribution is -2.09. The third kappa shape index (κ3) is 9.21. The summed E-state index contributed by atoms with van der Waals surface area (Å²) < 4.78 is 9.24. The highest BCUT2D eigenvalue weighted by Crippen LogP contribution is 1.98.